The van der Waals surface area contributed by atoms with Crippen molar-refractivity contribution in [2.24, 2.45) is 5.92 Å². The lowest BCUT2D eigenvalue weighted by molar-refractivity contribution is 0.584. The Bertz CT molecular complexity index is 543. The highest BCUT2D eigenvalue weighted by Crippen LogP contribution is 2.20. The number of halogens is 2. The molecule has 2 aromatic carbocycles. The normalized spacial score (nSPS) is 12.6. The van der Waals surface area contributed by atoms with Crippen molar-refractivity contribution in [3.63, 3.8) is 0 Å². The van der Waals surface area contributed by atoms with Gasteiger partial charge in [0.2, 0.25) is 0 Å². The molecule has 0 bridgehead atoms. The van der Waals surface area contributed by atoms with E-state index in [-0.39, 0.29) is 0 Å². The summed E-state index contributed by atoms with van der Waals surface area (Å²) < 4.78 is 1.12. The van der Waals surface area contributed by atoms with Gasteiger partial charge >= 0.3 is 0 Å². The standard InChI is InChI=1S/C19H22BrCl/c1-14(2)18-7-3-15(4-8-18)11-17(13-21)12-16-5-9-19(20)10-6-16/h3-10,14,17H,11-13H2,1-2H3. The fraction of sp³-hybridized carbons (Fsp3) is 0.368. The molecule has 2 heteroatoms. The molecule has 0 N–H and O–H groups in total. The maximum atomic E-state index is 6.17. The van der Waals surface area contributed by atoms with Crippen LogP contribution in [-0.4, -0.2) is 5.88 Å². The van der Waals surface area contributed by atoms with E-state index in [1.807, 2.05) is 0 Å². The van der Waals surface area contributed by atoms with Gasteiger partial charge < -0.3 is 0 Å². The molecule has 0 spiro atoms. The van der Waals surface area contributed by atoms with E-state index >= 15 is 0 Å². The highest BCUT2D eigenvalue weighted by molar-refractivity contribution is 9.10. The number of rotatable bonds is 6. The molecule has 0 aromatic heterocycles. The van der Waals surface area contributed by atoms with Crippen LogP contribution in [-0.2, 0) is 12.8 Å². The molecule has 0 fully saturated rings. The van der Waals surface area contributed by atoms with E-state index in [2.05, 4.69) is 78.3 Å². The molecular formula is C19H22BrCl. The number of alkyl halides is 1. The lowest BCUT2D eigenvalue weighted by Gasteiger charge is -2.15. The van der Waals surface area contributed by atoms with E-state index in [0.717, 1.165) is 17.3 Å². The van der Waals surface area contributed by atoms with Gasteiger partial charge in [-0.25, -0.2) is 0 Å². The summed E-state index contributed by atoms with van der Waals surface area (Å²) in [6.45, 7) is 4.45. The number of benzene rings is 2. The molecule has 1 atom stereocenters. The Kier molecular flexibility index (Phi) is 6.32. The molecular weight excluding hydrogens is 344 g/mol. The van der Waals surface area contributed by atoms with E-state index in [0.29, 0.717) is 17.7 Å². The van der Waals surface area contributed by atoms with Crippen LogP contribution in [0.3, 0.4) is 0 Å². The molecule has 0 nitrogen and oxygen atoms in total. The first-order valence-corrected chi connectivity index (χ1v) is 8.80. The van der Waals surface area contributed by atoms with Crippen molar-refractivity contribution < 1.29 is 0 Å². The molecule has 2 rings (SSSR count). The van der Waals surface area contributed by atoms with Crippen molar-refractivity contribution >= 4 is 27.5 Å². The summed E-state index contributed by atoms with van der Waals surface area (Å²) in [5.74, 6) is 1.77. The topological polar surface area (TPSA) is 0 Å². The monoisotopic (exact) mass is 364 g/mol. The Morgan fingerprint density at radius 2 is 1.33 bits per heavy atom. The number of hydrogen-bond donors (Lipinski definition) is 0. The van der Waals surface area contributed by atoms with Gasteiger partial charge in [-0.15, -0.1) is 11.6 Å². The van der Waals surface area contributed by atoms with Crippen molar-refractivity contribution in [3.8, 4) is 0 Å². The van der Waals surface area contributed by atoms with Gasteiger partial charge in [-0.05, 0) is 53.5 Å². The first kappa shape index (κ1) is 16.6. The first-order chi connectivity index (χ1) is 10.1. The molecule has 2 aromatic rings. The van der Waals surface area contributed by atoms with Gasteiger partial charge in [-0.3, -0.25) is 0 Å². The van der Waals surface area contributed by atoms with Crippen LogP contribution >= 0.6 is 27.5 Å². The van der Waals surface area contributed by atoms with E-state index in [4.69, 9.17) is 11.6 Å². The summed E-state index contributed by atoms with van der Waals surface area (Å²) in [4.78, 5) is 0. The van der Waals surface area contributed by atoms with Crippen molar-refractivity contribution in [2.45, 2.75) is 32.6 Å². The highest BCUT2D eigenvalue weighted by Gasteiger charge is 2.10. The van der Waals surface area contributed by atoms with Crippen molar-refractivity contribution in [3.05, 3.63) is 69.7 Å². The smallest absolute Gasteiger partial charge is 0.0258 e. The van der Waals surface area contributed by atoms with Gasteiger partial charge in [0.25, 0.3) is 0 Å². The Morgan fingerprint density at radius 3 is 1.76 bits per heavy atom. The molecule has 1 unspecified atom stereocenters. The second-order valence-electron chi connectivity index (χ2n) is 5.95. The Hall–Kier alpha value is -0.790. The summed E-state index contributed by atoms with van der Waals surface area (Å²) in [5, 5.41) is 0. The van der Waals surface area contributed by atoms with Crippen LogP contribution in [0.2, 0.25) is 0 Å². The predicted octanol–water partition coefficient (Wildman–Crippen LogP) is 6.21. The van der Waals surface area contributed by atoms with Gasteiger partial charge in [0, 0.05) is 10.4 Å². The third kappa shape index (κ3) is 5.16. The average Bonchev–Trinajstić information content (AvgIpc) is 2.49. The zero-order valence-electron chi connectivity index (χ0n) is 12.7. The van der Waals surface area contributed by atoms with E-state index in [9.17, 15) is 0 Å². The van der Waals surface area contributed by atoms with E-state index in [1.54, 1.807) is 0 Å². The summed E-state index contributed by atoms with van der Waals surface area (Å²) in [6.07, 6.45) is 2.07. The lowest BCUT2D eigenvalue weighted by atomic mass is 9.93. The molecule has 0 heterocycles. The maximum absolute atomic E-state index is 6.17. The Labute approximate surface area is 141 Å². The van der Waals surface area contributed by atoms with Crippen molar-refractivity contribution in [1.29, 1.82) is 0 Å². The second kappa shape index (κ2) is 8.00. The average molecular weight is 366 g/mol. The second-order valence-corrected chi connectivity index (χ2v) is 7.18. The maximum Gasteiger partial charge on any atom is 0.0258 e. The molecule has 0 aliphatic rings. The van der Waals surface area contributed by atoms with E-state index < -0.39 is 0 Å². The Balaban J connectivity index is 1.99. The molecule has 0 saturated heterocycles. The van der Waals surface area contributed by atoms with Crippen LogP contribution in [0.5, 0.6) is 0 Å². The largest absolute Gasteiger partial charge is 0.126 e. The minimum atomic E-state index is 0.484. The van der Waals surface area contributed by atoms with Crippen LogP contribution < -0.4 is 0 Å². The molecule has 112 valence electrons. The summed E-state index contributed by atoms with van der Waals surface area (Å²) in [6, 6.07) is 17.5. The highest BCUT2D eigenvalue weighted by atomic mass is 79.9. The minimum absolute atomic E-state index is 0.484. The Morgan fingerprint density at radius 1 is 0.857 bits per heavy atom. The molecule has 0 amide bonds. The predicted molar refractivity (Wildman–Crippen MR) is 96.3 cm³/mol. The molecule has 0 aliphatic heterocycles. The van der Waals surface area contributed by atoms with Crippen molar-refractivity contribution in [1.82, 2.24) is 0 Å². The van der Waals surface area contributed by atoms with Crippen LogP contribution in [0.15, 0.2) is 53.0 Å². The molecule has 21 heavy (non-hydrogen) atoms. The van der Waals surface area contributed by atoms with Gasteiger partial charge in [-0.1, -0.05) is 66.2 Å². The summed E-state index contributed by atoms with van der Waals surface area (Å²) in [7, 11) is 0. The zero-order valence-corrected chi connectivity index (χ0v) is 15.0. The van der Waals surface area contributed by atoms with Crippen LogP contribution in [0.25, 0.3) is 0 Å². The van der Waals surface area contributed by atoms with Crippen LogP contribution in [0.1, 0.15) is 36.5 Å². The minimum Gasteiger partial charge on any atom is -0.126 e. The van der Waals surface area contributed by atoms with Crippen LogP contribution in [0, 0.1) is 5.92 Å². The van der Waals surface area contributed by atoms with Crippen molar-refractivity contribution in [2.75, 3.05) is 5.88 Å². The van der Waals surface area contributed by atoms with Gasteiger partial charge in [-0.2, -0.15) is 0 Å². The van der Waals surface area contributed by atoms with Gasteiger partial charge in [0.05, 0.1) is 0 Å². The third-order valence-corrected chi connectivity index (χ3v) is 4.79. The molecule has 0 radical (unpaired) electrons. The van der Waals surface area contributed by atoms with E-state index in [1.165, 1.54) is 16.7 Å². The molecule has 0 aliphatic carbocycles. The zero-order chi connectivity index (χ0) is 15.2. The third-order valence-electron chi connectivity index (χ3n) is 3.83. The number of hydrogen-bond acceptors (Lipinski definition) is 0. The quantitative estimate of drug-likeness (QED) is 0.534. The molecule has 0 saturated carbocycles. The fourth-order valence-electron chi connectivity index (χ4n) is 2.51. The lowest BCUT2D eigenvalue weighted by Crippen LogP contribution is -2.10. The summed E-state index contributed by atoms with van der Waals surface area (Å²) >= 11 is 9.65. The summed E-state index contributed by atoms with van der Waals surface area (Å²) in [5.41, 5.74) is 4.12. The fourth-order valence-corrected chi connectivity index (χ4v) is 2.99. The van der Waals surface area contributed by atoms with Crippen LogP contribution in [0.4, 0.5) is 0 Å². The first-order valence-electron chi connectivity index (χ1n) is 7.47. The van der Waals surface area contributed by atoms with Gasteiger partial charge in [0.1, 0.15) is 0 Å². The SMILES string of the molecule is CC(C)c1ccc(CC(CCl)Cc2ccc(Br)cc2)cc1. The van der Waals surface area contributed by atoms with Gasteiger partial charge in [0.15, 0.2) is 0 Å².